The fourth-order valence-corrected chi connectivity index (χ4v) is 1.89. The van der Waals surface area contributed by atoms with Crippen LogP contribution in [0.1, 0.15) is 40.0 Å². The summed E-state index contributed by atoms with van der Waals surface area (Å²) in [6.45, 7) is 6.18. The van der Waals surface area contributed by atoms with Gasteiger partial charge in [0.15, 0.2) is 0 Å². The van der Waals surface area contributed by atoms with Gasteiger partial charge in [0.1, 0.15) is 12.1 Å². The van der Waals surface area contributed by atoms with Gasteiger partial charge in [-0.15, -0.1) is 0 Å². The first kappa shape index (κ1) is 12.1. The fraction of sp³-hybridized carbons (Fsp3) is 0.692. The average molecular weight is 235 g/mol. The van der Waals surface area contributed by atoms with Crippen LogP contribution in [-0.2, 0) is 0 Å². The lowest BCUT2D eigenvalue weighted by atomic mass is 10.1. The molecule has 0 radical (unpaired) electrons. The van der Waals surface area contributed by atoms with Gasteiger partial charge < -0.3 is 10.1 Å². The highest BCUT2D eigenvalue weighted by atomic mass is 16.5. The molecule has 1 aromatic heterocycles. The second-order valence-corrected chi connectivity index (χ2v) is 5.13. The minimum atomic E-state index is 0.140. The van der Waals surface area contributed by atoms with E-state index in [9.17, 15) is 0 Å². The molecule has 0 aromatic carbocycles. The Morgan fingerprint density at radius 1 is 1.35 bits per heavy atom. The van der Waals surface area contributed by atoms with Crippen LogP contribution in [0.3, 0.4) is 0 Å². The van der Waals surface area contributed by atoms with Crippen LogP contribution >= 0.6 is 0 Å². The van der Waals surface area contributed by atoms with Gasteiger partial charge in [0.25, 0.3) is 0 Å². The maximum Gasteiger partial charge on any atom is 0.218 e. The van der Waals surface area contributed by atoms with Crippen molar-refractivity contribution in [2.24, 2.45) is 5.92 Å². The van der Waals surface area contributed by atoms with Gasteiger partial charge in [-0.05, 0) is 33.1 Å². The summed E-state index contributed by atoms with van der Waals surface area (Å²) in [5, 5.41) is 3.40. The van der Waals surface area contributed by atoms with Crippen LogP contribution in [-0.4, -0.2) is 22.1 Å². The van der Waals surface area contributed by atoms with Crippen LogP contribution < -0.4 is 10.1 Å². The third-order valence-electron chi connectivity index (χ3n) is 2.78. The van der Waals surface area contributed by atoms with E-state index < -0.39 is 0 Å². The highest BCUT2D eigenvalue weighted by Gasteiger charge is 2.23. The number of anilines is 1. The van der Waals surface area contributed by atoms with Gasteiger partial charge in [-0.25, -0.2) is 9.97 Å². The van der Waals surface area contributed by atoms with E-state index in [4.69, 9.17) is 4.74 Å². The molecule has 1 atom stereocenters. The van der Waals surface area contributed by atoms with Crippen molar-refractivity contribution in [1.29, 1.82) is 0 Å². The number of nitrogens with zero attached hydrogens (tertiary/aromatic N) is 2. The third-order valence-corrected chi connectivity index (χ3v) is 2.78. The van der Waals surface area contributed by atoms with Crippen LogP contribution in [0.5, 0.6) is 5.88 Å². The highest BCUT2D eigenvalue weighted by Crippen LogP contribution is 2.34. The van der Waals surface area contributed by atoms with Gasteiger partial charge in [0.2, 0.25) is 5.88 Å². The topological polar surface area (TPSA) is 47.0 Å². The molecule has 1 unspecified atom stereocenters. The lowest BCUT2D eigenvalue weighted by molar-refractivity contribution is 0.232. The second kappa shape index (κ2) is 5.34. The molecule has 0 amide bonds. The molecule has 1 aliphatic rings. The van der Waals surface area contributed by atoms with E-state index in [1.165, 1.54) is 19.3 Å². The molecule has 1 N–H and O–H groups in total. The standard InChI is InChI=1S/C13H21N3O/c1-9(2)17-13-7-12(14-8-15-13)16-10(3)6-11-4-5-11/h7-11H,4-6H2,1-3H3,(H,14,15,16). The molecule has 2 rings (SSSR count). The maximum atomic E-state index is 5.54. The third kappa shape index (κ3) is 4.21. The lowest BCUT2D eigenvalue weighted by Gasteiger charge is -2.15. The molecule has 0 aliphatic heterocycles. The summed E-state index contributed by atoms with van der Waals surface area (Å²) in [4.78, 5) is 8.30. The van der Waals surface area contributed by atoms with Crippen molar-refractivity contribution in [3.05, 3.63) is 12.4 Å². The zero-order chi connectivity index (χ0) is 12.3. The average Bonchev–Trinajstić information content (AvgIpc) is 3.00. The molecule has 94 valence electrons. The summed E-state index contributed by atoms with van der Waals surface area (Å²) in [7, 11) is 0. The molecule has 1 aromatic rings. The van der Waals surface area contributed by atoms with Gasteiger partial charge in [-0.1, -0.05) is 12.8 Å². The van der Waals surface area contributed by atoms with Crippen molar-refractivity contribution in [3.8, 4) is 5.88 Å². The second-order valence-electron chi connectivity index (χ2n) is 5.13. The Balaban J connectivity index is 1.90. The Bertz CT molecular complexity index is 363. The number of hydrogen-bond donors (Lipinski definition) is 1. The molecule has 0 spiro atoms. The predicted octanol–water partition coefficient (Wildman–Crippen LogP) is 2.86. The molecule has 1 saturated carbocycles. The number of ether oxygens (including phenoxy) is 1. The SMILES string of the molecule is CC(CC1CC1)Nc1cc(OC(C)C)ncn1. The van der Waals surface area contributed by atoms with Crippen LogP contribution in [0.25, 0.3) is 0 Å². The summed E-state index contributed by atoms with van der Waals surface area (Å²) in [6.07, 6.45) is 5.69. The first-order valence-electron chi connectivity index (χ1n) is 6.38. The summed E-state index contributed by atoms with van der Waals surface area (Å²) in [6, 6.07) is 2.33. The molecule has 0 saturated heterocycles. The molecular weight excluding hydrogens is 214 g/mol. The van der Waals surface area contributed by atoms with E-state index in [0.717, 1.165) is 11.7 Å². The zero-order valence-corrected chi connectivity index (χ0v) is 10.8. The van der Waals surface area contributed by atoms with Crippen LogP contribution in [0.2, 0.25) is 0 Å². The van der Waals surface area contributed by atoms with Crippen molar-refractivity contribution in [2.45, 2.75) is 52.2 Å². The normalized spacial score (nSPS) is 16.9. The summed E-state index contributed by atoms with van der Waals surface area (Å²) >= 11 is 0. The quantitative estimate of drug-likeness (QED) is 0.823. The van der Waals surface area contributed by atoms with E-state index in [1.807, 2.05) is 19.9 Å². The number of aromatic nitrogens is 2. The molecule has 1 aliphatic carbocycles. The van der Waals surface area contributed by atoms with Gasteiger partial charge in [0, 0.05) is 12.1 Å². The van der Waals surface area contributed by atoms with Crippen molar-refractivity contribution in [2.75, 3.05) is 5.32 Å². The summed E-state index contributed by atoms with van der Waals surface area (Å²) < 4.78 is 5.54. The van der Waals surface area contributed by atoms with E-state index in [-0.39, 0.29) is 6.10 Å². The Kier molecular flexibility index (Phi) is 3.82. The molecule has 4 nitrogen and oxygen atoms in total. The van der Waals surface area contributed by atoms with E-state index in [0.29, 0.717) is 11.9 Å². The molecule has 1 fully saturated rings. The Morgan fingerprint density at radius 2 is 2.12 bits per heavy atom. The van der Waals surface area contributed by atoms with Gasteiger partial charge >= 0.3 is 0 Å². The molecule has 4 heteroatoms. The Hall–Kier alpha value is -1.32. The molecular formula is C13H21N3O. The van der Waals surface area contributed by atoms with Crippen LogP contribution in [0.4, 0.5) is 5.82 Å². The Labute approximate surface area is 103 Å². The van der Waals surface area contributed by atoms with Crippen LogP contribution in [0, 0.1) is 5.92 Å². The summed E-state index contributed by atoms with van der Waals surface area (Å²) in [5.74, 6) is 2.41. The molecule has 1 heterocycles. The zero-order valence-electron chi connectivity index (χ0n) is 10.8. The number of rotatable bonds is 6. The molecule has 0 bridgehead atoms. The van der Waals surface area contributed by atoms with Gasteiger partial charge in [0.05, 0.1) is 6.10 Å². The largest absolute Gasteiger partial charge is 0.475 e. The van der Waals surface area contributed by atoms with Gasteiger partial charge in [-0.2, -0.15) is 0 Å². The number of hydrogen-bond acceptors (Lipinski definition) is 4. The van der Waals surface area contributed by atoms with E-state index in [1.54, 1.807) is 6.33 Å². The predicted molar refractivity (Wildman–Crippen MR) is 68.2 cm³/mol. The monoisotopic (exact) mass is 235 g/mol. The minimum absolute atomic E-state index is 0.140. The lowest BCUT2D eigenvalue weighted by Crippen LogP contribution is -2.17. The van der Waals surface area contributed by atoms with Crippen LogP contribution in [0.15, 0.2) is 12.4 Å². The smallest absolute Gasteiger partial charge is 0.218 e. The minimum Gasteiger partial charge on any atom is -0.475 e. The Morgan fingerprint density at radius 3 is 2.76 bits per heavy atom. The van der Waals surface area contributed by atoms with E-state index >= 15 is 0 Å². The maximum absolute atomic E-state index is 5.54. The van der Waals surface area contributed by atoms with Crippen molar-refractivity contribution >= 4 is 5.82 Å². The number of nitrogens with one attached hydrogen (secondary N) is 1. The first-order valence-corrected chi connectivity index (χ1v) is 6.38. The fourth-order valence-electron chi connectivity index (χ4n) is 1.89. The van der Waals surface area contributed by atoms with Gasteiger partial charge in [-0.3, -0.25) is 0 Å². The van der Waals surface area contributed by atoms with Crippen molar-refractivity contribution in [3.63, 3.8) is 0 Å². The van der Waals surface area contributed by atoms with Crippen molar-refractivity contribution < 1.29 is 4.74 Å². The highest BCUT2D eigenvalue weighted by molar-refractivity contribution is 5.38. The molecule has 17 heavy (non-hydrogen) atoms. The van der Waals surface area contributed by atoms with E-state index in [2.05, 4.69) is 22.2 Å². The first-order chi connectivity index (χ1) is 8.13. The van der Waals surface area contributed by atoms with Crippen molar-refractivity contribution in [1.82, 2.24) is 9.97 Å². The summed E-state index contributed by atoms with van der Waals surface area (Å²) in [5.41, 5.74) is 0.